The highest BCUT2D eigenvalue weighted by Gasteiger charge is 2.16. The molecule has 0 saturated heterocycles. The van der Waals surface area contributed by atoms with Gasteiger partial charge in [0.15, 0.2) is 0 Å². The largest absolute Gasteiger partial charge is 0.295 e. The maximum Gasteiger partial charge on any atom is 0.0351 e. The minimum Gasteiger partial charge on any atom is -0.295 e. The van der Waals surface area contributed by atoms with Crippen molar-refractivity contribution in [2.75, 3.05) is 12.4 Å². The third-order valence-electron chi connectivity index (χ3n) is 4.04. The second kappa shape index (κ2) is 8.05. The van der Waals surface area contributed by atoms with Crippen molar-refractivity contribution in [2.24, 2.45) is 0 Å². The van der Waals surface area contributed by atoms with Crippen molar-refractivity contribution < 1.29 is 0 Å². The summed E-state index contributed by atoms with van der Waals surface area (Å²) in [4.78, 5) is 2.51. The first-order valence-corrected chi connectivity index (χ1v) is 8.35. The Balaban J connectivity index is 2.78. The zero-order valence-electron chi connectivity index (χ0n) is 13.7. The fourth-order valence-corrected chi connectivity index (χ4v) is 2.87. The zero-order valence-corrected chi connectivity index (χ0v) is 14.5. The summed E-state index contributed by atoms with van der Waals surface area (Å²) < 4.78 is 0. The minimum absolute atomic E-state index is 0.226. The van der Waals surface area contributed by atoms with Gasteiger partial charge in [-0.2, -0.15) is 0 Å². The van der Waals surface area contributed by atoms with Gasteiger partial charge in [0.2, 0.25) is 0 Å². The van der Waals surface area contributed by atoms with E-state index in [9.17, 15) is 0 Å². The first kappa shape index (κ1) is 17.5. The molecule has 0 aromatic heterocycles. The Labute approximate surface area is 130 Å². The van der Waals surface area contributed by atoms with Crippen molar-refractivity contribution in [2.45, 2.75) is 65.5 Å². The molecule has 114 valence electrons. The highest BCUT2D eigenvalue weighted by atomic mass is 35.5. The van der Waals surface area contributed by atoms with E-state index in [0.29, 0.717) is 11.9 Å². The summed E-state index contributed by atoms with van der Waals surface area (Å²) >= 11 is 5.96. The standard InChI is InChI=1S/C18H30ClN/c1-6-17(7-2)20(13-12-19)14-15-8-10-16(11-9-15)18(3,4)5/h8-11,17H,6-7,12-14H2,1-5H3. The van der Waals surface area contributed by atoms with Crippen LogP contribution in [0.5, 0.6) is 0 Å². The van der Waals surface area contributed by atoms with Gasteiger partial charge in [0, 0.05) is 25.0 Å². The molecule has 1 aromatic rings. The topological polar surface area (TPSA) is 3.24 Å². The molecule has 0 radical (unpaired) electrons. The quantitative estimate of drug-likeness (QED) is 0.624. The van der Waals surface area contributed by atoms with Gasteiger partial charge in [-0.15, -0.1) is 11.6 Å². The summed E-state index contributed by atoms with van der Waals surface area (Å²) in [6.45, 7) is 13.3. The summed E-state index contributed by atoms with van der Waals surface area (Å²) in [5, 5.41) is 0. The Morgan fingerprint density at radius 2 is 1.60 bits per heavy atom. The van der Waals surface area contributed by atoms with Crippen LogP contribution in [0.4, 0.5) is 0 Å². The lowest BCUT2D eigenvalue weighted by Crippen LogP contribution is -2.35. The Bertz CT molecular complexity index is 373. The summed E-state index contributed by atoms with van der Waals surface area (Å²) in [6, 6.07) is 9.70. The molecule has 0 unspecified atom stereocenters. The molecule has 0 fully saturated rings. The van der Waals surface area contributed by atoms with E-state index in [2.05, 4.69) is 63.8 Å². The number of rotatable bonds is 7. The predicted molar refractivity (Wildman–Crippen MR) is 90.6 cm³/mol. The van der Waals surface area contributed by atoms with Gasteiger partial charge >= 0.3 is 0 Å². The van der Waals surface area contributed by atoms with Crippen LogP contribution >= 0.6 is 11.6 Å². The normalized spacial score (nSPS) is 12.4. The van der Waals surface area contributed by atoms with Crippen LogP contribution in [-0.4, -0.2) is 23.4 Å². The molecule has 1 rings (SSSR count). The van der Waals surface area contributed by atoms with Crippen molar-refractivity contribution in [1.29, 1.82) is 0 Å². The van der Waals surface area contributed by atoms with Gasteiger partial charge < -0.3 is 0 Å². The number of halogens is 1. The molecule has 2 heteroatoms. The third kappa shape index (κ3) is 5.10. The Morgan fingerprint density at radius 3 is 2.00 bits per heavy atom. The van der Waals surface area contributed by atoms with Gasteiger partial charge in [-0.1, -0.05) is 58.9 Å². The average Bonchev–Trinajstić information content (AvgIpc) is 2.40. The maximum atomic E-state index is 5.96. The van der Waals surface area contributed by atoms with Crippen LogP contribution in [0.2, 0.25) is 0 Å². The first-order valence-electron chi connectivity index (χ1n) is 7.81. The van der Waals surface area contributed by atoms with Crippen LogP contribution in [0.25, 0.3) is 0 Å². The van der Waals surface area contributed by atoms with E-state index < -0.39 is 0 Å². The number of alkyl halides is 1. The van der Waals surface area contributed by atoms with Crippen LogP contribution in [0.1, 0.15) is 58.6 Å². The molecule has 0 heterocycles. The van der Waals surface area contributed by atoms with E-state index in [4.69, 9.17) is 11.6 Å². The van der Waals surface area contributed by atoms with Gasteiger partial charge in [-0.25, -0.2) is 0 Å². The number of hydrogen-bond donors (Lipinski definition) is 0. The third-order valence-corrected chi connectivity index (χ3v) is 4.21. The van der Waals surface area contributed by atoms with Crippen molar-refractivity contribution in [3.8, 4) is 0 Å². The molecule has 0 N–H and O–H groups in total. The van der Waals surface area contributed by atoms with Crippen LogP contribution in [0.15, 0.2) is 24.3 Å². The molecule has 0 amide bonds. The lowest BCUT2D eigenvalue weighted by Gasteiger charge is -2.30. The predicted octanol–water partition coefficient (Wildman–Crippen LogP) is 5.21. The summed E-state index contributed by atoms with van der Waals surface area (Å²) in [5.41, 5.74) is 3.01. The number of hydrogen-bond acceptors (Lipinski definition) is 1. The van der Waals surface area contributed by atoms with E-state index in [1.165, 1.54) is 24.0 Å². The van der Waals surface area contributed by atoms with Crippen LogP contribution < -0.4 is 0 Å². The minimum atomic E-state index is 0.226. The number of nitrogens with zero attached hydrogens (tertiary/aromatic N) is 1. The molecular weight excluding hydrogens is 266 g/mol. The van der Waals surface area contributed by atoms with E-state index in [1.54, 1.807) is 0 Å². The molecular formula is C18H30ClN. The van der Waals surface area contributed by atoms with Crippen molar-refractivity contribution in [1.82, 2.24) is 4.90 Å². The Morgan fingerprint density at radius 1 is 1.05 bits per heavy atom. The van der Waals surface area contributed by atoms with E-state index >= 15 is 0 Å². The molecule has 0 aliphatic heterocycles. The molecule has 0 saturated carbocycles. The summed E-state index contributed by atoms with van der Waals surface area (Å²) in [7, 11) is 0. The van der Waals surface area contributed by atoms with Crippen LogP contribution in [0.3, 0.4) is 0 Å². The molecule has 20 heavy (non-hydrogen) atoms. The summed E-state index contributed by atoms with van der Waals surface area (Å²) in [6.07, 6.45) is 2.38. The maximum absolute atomic E-state index is 5.96. The van der Waals surface area contributed by atoms with Crippen LogP contribution in [-0.2, 0) is 12.0 Å². The van der Waals surface area contributed by atoms with Gasteiger partial charge in [0.1, 0.15) is 0 Å². The molecule has 0 aliphatic carbocycles. The Kier molecular flexibility index (Phi) is 7.05. The smallest absolute Gasteiger partial charge is 0.0351 e. The van der Waals surface area contributed by atoms with Crippen molar-refractivity contribution in [3.63, 3.8) is 0 Å². The van der Waals surface area contributed by atoms with E-state index in [-0.39, 0.29) is 5.41 Å². The average molecular weight is 296 g/mol. The highest BCUT2D eigenvalue weighted by Crippen LogP contribution is 2.23. The summed E-state index contributed by atoms with van der Waals surface area (Å²) in [5.74, 6) is 0.705. The van der Waals surface area contributed by atoms with Crippen molar-refractivity contribution >= 4 is 11.6 Å². The van der Waals surface area contributed by atoms with E-state index in [1.807, 2.05) is 0 Å². The van der Waals surface area contributed by atoms with Gasteiger partial charge in [0.25, 0.3) is 0 Å². The lowest BCUT2D eigenvalue weighted by atomic mass is 9.86. The molecule has 1 aromatic carbocycles. The van der Waals surface area contributed by atoms with Gasteiger partial charge in [-0.05, 0) is 29.4 Å². The van der Waals surface area contributed by atoms with Crippen molar-refractivity contribution in [3.05, 3.63) is 35.4 Å². The molecule has 0 aliphatic rings. The van der Waals surface area contributed by atoms with Gasteiger partial charge in [-0.3, -0.25) is 4.90 Å². The number of benzene rings is 1. The Hall–Kier alpha value is -0.530. The molecule has 0 spiro atoms. The molecule has 1 nitrogen and oxygen atoms in total. The fraction of sp³-hybridized carbons (Fsp3) is 0.667. The van der Waals surface area contributed by atoms with Crippen LogP contribution in [0, 0.1) is 0 Å². The first-order chi connectivity index (χ1) is 9.42. The lowest BCUT2D eigenvalue weighted by molar-refractivity contribution is 0.188. The monoisotopic (exact) mass is 295 g/mol. The molecule has 0 atom stereocenters. The fourth-order valence-electron chi connectivity index (χ4n) is 2.65. The second-order valence-corrected chi connectivity index (χ2v) is 6.95. The molecule has 0 bridgehead atoms. The highest BCUT2D eigenvalue weighted by molar-refractivity contribution is 6.18. The second-order valence-electron chi connectivity index (χ2n) is 6.58. The van der Waals surface area contributed by atoms with Gasteiger partial charge in [0.05, 0.1) is 0 Å². The van der Waals surface area contributed by atoms with E-state index in [0.717, 1.165) is 13.1 Å². The SMILES string of the molecule is CCC(CC)N(CCCl)Cc1ccc(C(C)(C)C)cc1. The zero-order chi connectivity index (χ0) is 15.2.